The Bertz CT molecular complexity index is 1300. The quantitative estimate of drug-likeness (QED) is 0.351. The van der Waals surface area contributed by atoms with E-state index < -0.39 is 23.8 Å². The van der Waals surface area contributed by atoms with Gasteiger partial charge in [0.1, 0.15) is 6.04 Å². The number of amides is 3. The number of anilines is 1. The van der Waals surface area contributed by atoms with Gasteiger partial charge >= 0.3 is 0 Å². The lowest BCUT2D eigenvalue weighted by Crippen LogP contribution is -2.49. The highest BCUT2D eigenvalue weighted by molar-refractivity contribution is 9.10. The Balaban J connectivity index is 1.56. The Morgan fingerprint density at radius 1 is 0.972 bits per heavy atom. The number of benzene rings is 3. The predicted molar refractivity (Wildman–Crippen MR) is 147 cm³/mol. The summed E-state index contributed by atoms with van der Waals surface area (Å²) in [6.07, 6.45) is -0.269. The summed E-state index contributed by atoms with van der Waals surface area (Å²) in [6.45, 7) is 0.200. The highest BCUT2D eigenvalue weighted by atomic mass is 79.9. The van der Waals surface area contributed by atoms with Crippen LogP contribution in [0.4, 0.5) is 5.69 Å². The minimum absolute atomic E-state index is 0.0953. The van der Waals surface area contributed by atoms with E-state index in [0.29, 0.717) is 21.3 Å². The van der Waals surface area contributed by atoms with Crippen LogP contribution >= 0.6 is 51.3 Å². The molecule has 3 aromatic carbocycles. The molecule has 1 heterocycles. The van der Waals surface area contributed by atoms with Crippen LogP contribution in [-0.2, 0) is 16.1 Å². The highest BCUT2D eigenvalue weighted by Crippen LogP contribution is 2.25. The van der Waals surface area contributed by atoms with Gasteiger partial charge in [0.15, 0.2) is 5.11 Å². The molecule has 1 fully saturated rings. The van der Waals surface area contributed by atoms with Crippen molar-refractivity contribution in [2.75, 3.05) is 5.32 Å². The van der Waals surface area contributed by atoms with E-state index in [-0.39, 0.29) is 18.1 Å². The lowest BCUT2D eigenvalue weighted by molar-refractivity contribution is -0.131. The molecule has 1 saturated heterocycles. The summed E-state index contributed by atoms with van der Waals surface area (Å²) >= 11 is 20.9. The Hall–Kier alpha value is -2.98. The van der Waals surface area contributed by atoms with Crippen LogP contribution in [0.5, 0.6) is 0 Å². The van der Waals surface area contributed by atoms with Crippen molar-refractivity contribution in [2.45, 2.75) is 19.0 Å². The molecule has 2 N–H and O–H groups in total. The number of nitrogens with zero attached hydrogens (tertiary/aromatic N) is 2. The molecule has 0 bridgehead atoms. The molecule has 184 valence electrons. The molecule has 4 rings (SSSR count). The maximum atomic E-state index is 13.4. The van der Waals surface area contributed by atoms with Crippen LogP contribution in [-0.4, -0.2) is 38.8 Å². The van der Waals surface area contributed by atoms with Gasteiger partial charge in [-0.2, -0.15) is 0 Å². The van der Waals surface area contributed by atoms with E-state index in [0.717, 1.165) is 10.0 Å². The van der Waals surface area contributed by atoms with Gasteiger partial charge in [-0.25, -0.2) is 5.01 Å². The summed E-state index contributed by atoms with van der Waals surface area (Å²) in [7, 11) is 0. The molecule has 11 heteroatoms. The summed E-state index contributed by atoms with van der Waals surface area (Å²) in [5.41, 5.74) is 4.31. The van der Waals surface area contributed by atoms with E-state index in [1.807, 2.05) is 30.3 Å². The van der Waals surface area contributed by atoms with E-state index in [9.17, 15) is 14.4 Å². The number of rotatable bonds is 7. The summed E-state index contributed by atoms with van der Waals surface area (Å²) in [5, 5.41) is 4.77. The van der Waals surface area contributed by atoms with Crippen LogP contribution < -0.4 is 10.7 Å². The molecule has 1 unspecified atom stereocenters. The zero-order valence-corrected chi connectivity index (χ0v) is 22.5. The molecule has 7 nitrogen and oxygen atoms in total. The van der Waals surface area contributed by atoms with Crippen molar-refractivity contribution in [2.24, 2.45) is 0 Å². The van der Waals surface area contributed by atoms with Crippen molar-refractivity contribution >= 4 is 79.9 Å². The molecule has 1 aliphatic heterocycles. The first kappa shape index (κ1) is 26.1. The van der Waals surface area contributed by atoms with Crippen molar-refractivity contribution in [3.8, 4) is 0 Å². The van der Waals surface area contributed by atoms with Gasteiger partial charge in [-0.15, -0.1) is 0 Å². The van der Waals surface area contributed by atoms with Crippen molar-refractivity contribution in [1.82, 2.24) is 15.3 Å². The fourth-order valence-corrected chi connectivity index (χ4v) is 4.77. The monoisotopic (exact) mass is 604 g/mol. The smallest absolute Gasteiger partial charge is 0.269 e. The summed E-state index contributed by atoms with van der Waals surface area (Å²) in [6, 6.07) is 19.6. The number of halogens is 3. The average molecular weight is 606 g/mol. The van der Waals surface area contributed by atoms with Gasteiger partial charge in [-0.3, -0.25) is 24.7 Å². The number of hydrazine groups is 1. The molecule has 3 aromatic rings. The average Bonchev–Trinajstić information content (AvgIpc) is 3.03. The number of carbonyl (C=O) groups is 3. The number of nitrogens with one attached hydrogen (secondary N) is 2. The van der Waals surface area contributed by atoms with E-state index in [2.05, 4.69) is 26.7 Å². The molecule has 1 aliphatic rings. The minimum atomic E-state index is -1.05. The first-order valence-corrected chi connectivity index (χ1v) is 12.7. The fraction of sp³-hybridized carbons (Fsp3) is 0.120. The van der Waals surface area contributed by atoms with Crippen LogP contribution in [0.3, 0.4) is 0 Å². The van der Waals surface area contributed by atoms with Crippen LogP contribution in [0.2, 0.25) is 10.0 Å². The maximum Gasteiger partial charge on any atom is 0.269 e. The lowest BCUT2D eigenvalue weighted by Gasteiger charge is -2.24. The van der Waals surface area contributed by atoms with Gasteiger partial charge in [0.25, 0.3) is 11.8 Å². The third-order valence-electron chi connectivity index (χ3n) is 5.34. The van der Waals surface area contributed by atoms with Crippen molar-refractivity contribution in [3.05, 3.63) is 98.4 Å². The van der Waals surface area contributed by atoms with E-state index >= 15 is 0 Å². The normalized spacial score (nSPS) is 15.2. The summed E-state index contributed by atoms with van der Waals surface area (Å²) in [4.78, 5) is 40.6. The third-order valence-corrected chi connectivity index (χ3v) is 6.72. The SMILES string of the molecule is O=C(CC1C(=O)N(Cc2ccccc2)C(=S)N1NC(=O)c1ccc(Br)cc1)Nc1cc(Cl)cc(Cl)c1. The first-order chi connectivity index (χ1) is 17.2. The number of carbonyl (C=O) groups excluding carboxylic acids is 3. The van der Waals surface area contributed by atoms with Crippen LogP contribution in [0, 0.1) is 0 Å². The van der Waals surface area contributed by atoms with Gasteiger partial charge in [-0.1, -0.05) is 69.5 Å². The standard InChI is InChI=1S/C25H19BrCl2N4O3S/c26-17-8-6-16(7-9-17)23(34)30-32-21(13-22(33)29-20-11-18(27)10-19(28)12-20)24(35)31(25(32)36)14-15-4-2-1-3-5-15/h1-12,21H,13-14H2,(H,29,33)(H,30,34). The van der Waals surface area contributed by atoms with E-state index in [1.54, 1.807) is 42.5 Å². The number of hydrogen-bond donors (Lipinski definition) is 2. The van der Waals surface area contributed by atoms with Crippen molar-refractivity contribution < 1.29 is 14.4 Å². The Kier molecular flexibility index (Phi) is 8.25. The molecule has 0 spiro atoms. The Labute approximate surface area is 231 Å². The van der Waals surface area contributed by atoms with E-state index in [4.69, 9.17) is 35.4 Å². The minimum Gasteiger partial charge on any atom is -0.326 e. The first-order valence-electron chi connectivity index (χ1n) is 10.7. The van der Waals surface area contributed by atoms with Gasteiger partial charge in [0, 0.05) is 25.8 Å². The lowest BCUT2D eigenvalue weighted by atomic mass is 10.1. The third kappa shape index (κ3) is 6.22. The Morgan fingerprint density at radius 2 is 1.61 bits per heavy atom. The molecule has 0 radical (unpaired) electrons. The van der Waals surface area contributed by atoms with Gasteiger partial charge in [-0.05, 0) is 60.2 Å². The van der Waals surface area contributed by atoms with Gasteiger partial charge in [0.05, 0.1) is 13.0 Å². The second-order valence-electron chi connectivity index (χ2n) is 7.94. The van der Waals surface area contributed by atoms with Gasteiger partial charge in [0.2, 0.25) is 5.91 Å². The van der Waals surface area contributed by atoms with Crippen molar-refractivity contribution in [1.29, 1.82) is 0 Å². The number of thiocarbonyl (C=S) groups is 1. The molecular weight excluding hydrogens is 587 g/mol. The highest BCUT2D eigenvalue weighted by Gasteiger charge is 2.44. The van der Waals surface area contributed by atoms with Crippen molar-refractivity contribution in [3.63, 3.8) is 0 Å². The van der Waals surface area contributed by atoms with Gasteiger partial charge < -0.3 is 5.32 Å². The molecule has 0 saturated carbocycles. The van der Waals surface area contributed by atoms with Crippen LogP contribution in [0.25, 0.3) is 0 Å². The predicted octanol–water partition coefficient (Wildman–Crippen LogP) is 5.43. The molecule has 3 amide bonds. The van der Waals surface area contributed by atoms with E-state index in [1.165, 1.54) is 9.91 Å². The molecule has 36 heavy (non-hydrogen) atoms. The fourth-order valence-electron chi connectivity index (χ4n) is 3.65. The van der Waals surface area contributed by atoms with Crippen LogP contribution in [0.15, 0.2) is 77.3 Å². The molecule has 0 aliphatic carbocycles. The second-order valence-corrected chi connectivity index (χ2v) is 10.1. The maximum absolute atomic E-state index is 13.4. The number of hydrogen-bond acceptors (Lipinski definition) is 4. The zero-order chi connectivity index (χ0) is 25.8. The molecule has 1 atom stereocenters. The topological polar surface area (TPSA) is 81.8 Å². The Morgan fingerprint density at radius 3 is 2.25 bits per heavy atom. The molecular formula is C25H19BrCl2N4O3S. The van der Waals surface area contributed by atoms with Crippen LogP contribution in [0.1, 0.15) is 22.3 Å². The zero-order valence-electron chi connectivity index (χ0n) is 18.6. The summed E-state index contributed by atoms with van der Waals surface area (Å²) < 4.78 is 0.815. The molecule has 0 aromatic heterocycles. The largest absolute Gasteiger partial charge is 0.326 e. The second kappa shape index (κ2) is 11.4. The summed E-state index contributed by atoms with van der Waals surface area (Å²) in [5.74, 6) is -1.34.